The molecule has 1 aliphatic rings. The topological polar surface area (TPSA) is 0 Å². The van der Waals surface area contributed by atoms with E-state index in [4.69, 9.17) is 0 Å². The van der Waals surface area contributed by atoms with Crippen LogP contribution in [0.25, 0.3) is 11.1 Å². The quantitative estimate of drug-likeness (QED) is 0.521. The van der Waals surface area contributed by atoms with Gasteiger partial charge in [0.05, 0.1) is 0 Å². The Labute approximate surface area is 127 Å². The number of fused-ring (bicyclic) bond motifs is 3. The van der Waals surface area contributed by atoms with E-state index in [1.165, 1.54) is 33.4 Å². The van der Waals surface area contributed by atoms with Gasteiger partial charge in [0.1, 0.15) is 0 Å². The maximum atomic E-state index is 3.81. The van der Waals surface area contributed by atoms with Crippen LogP contribution >= 0.6 is 0 Å². The molecule has 106 valence electrons. The maximum Gasteiger partial charge on any atom is -0.00133 e. The van der Waals surface area contributed by atoms with Crippen LogP contribution in [0, 0.1) is 0 Å². The van der Waals surface area contributed by atoms with Crippen molar-refractivity contribution in [1.29, 1.82) is 0 Å². The molecular weight excluding hydrogens is 252 g/mol. The minimum absolute atomic E-state index is 1.05. The molecule has 0 atom stereocenters. The molecule has 0 nitrogen and oxygen atoms in total. The highest BCUT2D eigenvalue weighted by atomic mass is 14.2. The molecule has 1 aliphatic carbocycles. The molecule has 3 rings (SSSR count). The minimum atomic E-state index is 1.05. The summed E-state index contributed by atoms with van der Waals surface area (Å²) in [7, 11) is 0. The van der Waals surface area contributed by atoms with Crippen molar-refractivity contribution in [3.63, 3.8) is 0 Å². The smallest absolute Gasteiger partial charge is 0.00133 e. The van der Waals surface area contributed by atoms with E-state index in [1.54, 1.807) is 0 Å². The molecule has 0 N–H and O–H groups in total. The summed E-state index contributed by atoms with van der Waals surface area (Å²) in [4.78, 5) is 0. The summed E-state index contributed by atoms with van der Waals surface area (Å²) in [5.74, 6) is 0. The molecule has 0 bridgehead atoms. The van der Waals surface area contributed by atoms with E-state index in [-0.39, 0.29) is 0 Å². The number of hydrogen-bond acceptors (Lipinski definition) is 0. The molecule has 0 amide bonds. The van der Waals surface area contributed by atoms with E-state index >= 15 is 0 Å². The number of rotatable bonds is 6. The lowest BCUT2D eigenvalue weighted by Crippen LogP contribution is -1.87. The highest BCUT2D eigenvalue weighted by Crippen LogP contribution is 2.37. The largest absolute Gasteiger partial charge is 0.103 e. The summed E-state index contributed by atoms with van der Waals surface area (Å²) in [5.41, 5.74) is 8.65. The van der Waals surface area contributed by atoms with Crippen LogP contribution in [0.1, 0.15) is 35.1 Å². The summed E-state index contributed by atoms with van der Waals surface area (Å²) in [5, 5.41) is 0. The number of benzene rings is 2. The predicted molar refractivity (Wildman–Crippen MR) is 91.7 cm³/mol. The third-order valence-corrected chi connectivity index (χ3v) is 4.28. The van der Waals surface area contributed by atoms with Crippen molar-refractivity contribution < 1.29 is 0 Å². The summed E-state index contributed by atoms with van der Waals surface area (Å²) in [6.45, 7) is 7.62. The Morgan fingerprint density at radius 3 is 1.67 bits per heavy atom. The summed E-state index contributed by atoms with van der Waals surface area (Å²) >= 11 is 0. The summed E-state index contributed by atoms with van der Waals surface area (Å²) < 4.78 is 0. The lowest BCUT2D eigenvalue weighted by Gasteiger charge is -2.05. The number of allylic oxidation sites excluding steroid dienone is 2. The summed E-state index contributed by atoms with van der Waals surface area (Å²) in [6, 6.07) is 13.9. The average molecular weight is 274 g/mol. The Morgan fingerprint density at radius 1 is 0.762 bits per heavy atom. The van der Waals surface area contributed by atoms with Gasteiger partial charge in [0.2, 0.25) is 0 Å². The van der Waals surface area contributed by atoms with Crippen LogP contribution in [-0.4, -0.2) is 0 Å². The van der Waals surface area contributed by atoms with Gasteiger partial charge in [0, 0.05) is 0 Å². The number of aryl methyl sites for hydroxylation is 2. The first-order valence-corrected chi connectivity index (χ1v) is 7.77. The Hall–Kier alpha value is -2.08. The van der Waals surface area contributed by atoms with Crippen LogP contribution in [0.15, 0.2) is 61.7 Å². The molecule has 0 radical (unpaired) electrons. The second kappa shape index (κ2) is 6.13. The zero-order chi connectivity index (χ0) is 14.7. The molecule has 2 aromatic carbocycles. The van der Waals surface area contributed by atoms with Crippen LogP contribution in [-0.2, 0) is 19.3 Å². The second-order valence-corrected chi connectivity index (χ2v) is 5.81. The first-order chi connectivity index (χ1) is 10.3. The fraction of sp³-hybridized carbons (Fsp3) is 0.238. The van der Waals surface area contributed by atoms with Crippen LogP contribution < -0.4 is 0 Å². The zero-order valence-electron chi connectivity index (χ0n) is 12.6. The zero-order valence-corrected chi connectivity index (χ0v) is 12.6. The highest BCUT2D eigenvalue weighted by molar-refractivity contribution is 5.77. The van der Waals surface area contributed by atoms with Crippen LogP contribution in [0.2, 0.25) is 0 Å². The first kappa shape index (κ1) is 13.9. The van der Waals surface area contributed by atoms with E-state index in [2.05, 4.69) is 49.6 Å². The normalized spacial score (nSPS) is 11.8. The Morgan fingerprint density at radius 2 is 1.24 bits per heavy atom. The lowest BCUT2D eigenvalue weighted by molar-refractivity contribution is 0.996. The molecule has 0 saturated heterocycles. The molecule has 21 heavy (non-hydrogen) atoms. The van der Waals surface area contributed by atoms with E-state index in [9.17, 15) is 0 Å². The van der Waals surface area contributed by atoms with Gasteiger partial charge < -0.3 is 0 Å². The van der Waals surface area contributed by atoms with Gasteiger partial charge in [-0.15, -0.1) is 13.2 Å². The Kier molecular flexibility index (Phi) is 4.06. The van der Waals surface area contributed by atoms with Gasteiger partial charge in [-0.25, -0.2) is 0 Å². The van der Waals surface area contributed by atoms with E-state index in [1.807, 2.05) is 12.2 Å². The molecule has 0 aliphatic heterocycles. The van der Waals surface area contributed by atoms with Crippen molar-refractivity contribution in [3.05, 3.63) is 84.0 Å². The van der Waals surface area contributed by atoms with Gasteiger partial charge >= 0.3 is 0 Å². The molecule has 0 aromatic heterocycles. The SMILES string of the molecule is C=CCCc1ccc2c(c1)Cc1cc(CCC=C)ccc1-2. The van der Waals surface area contributed by atoms with Crippen molar-refractivity contribution in [2.75, 3.05) is 0 Å². The molecule has 0 fully saturated rings. The second-order valence-electron chi connectivity index (χ2n) is 5.81. The van der Waals surface area contributed by atoms with E-state index < -0.39 is 0 Å². The molecule has 0 spiro atoms. The van der Waals surface area contributed by atoms with Crippen molar-refractivity contribution in [3.8, 4) is 11.1 Å². The van der Waals surface area contributed by atoms with Gasteiger partial charge in [0.15, 0.2) is 0 Å². The highest BCUT2D eigenvalue weighted by Gasteiger charge is 2.18. The van der Waals surface area contributed by atoms with Crippen LogP contribution in [0.4, 0.5) is 0 Å². The van der Waals surface area contributed by atoms with E-state index in [0.717, 1.165) is 32.1 Å². The molecule has 0 heteroatoms. The molecule has 0 heterocycles. The maximum absolute atomic E-state index is 3.81. The van der Waals surface area contributed by atoms with Gasteiger partial charge in [-0.3, -0.25) is 0 Å². The minimum Gasteiger partial charge on any atom is -0.103 e. The molecule has 2 aromatic rings. The Bertz CT molecular complexity index is 617. The van der Waals surface area contributed by atoms with Crippen molar-refractivity contribution >= 4 is 0 Å². The van der Waals surface area contributed by atoms with Gasteiger partial charge in [-0.2, -0.15) is 0 Å². The Balaban J connectivity index is 1.86. The standard InChI is InChI=1S/C21H22/c1-3-5-7-16-9-11-20-18(13-16)15-19-14-17(8-6-4-2)10-12-21(19)20/h3-4,9-14H,1-2,5-8,15H2. The molecule has 0 unspecified atom stereocenters. The first-order valence-electron chi connectivity index (χ1n) is 7.77. The third-order valence-electron chi connectivity index (χ3n) is 4.28. The number of hydrogen-bond donors (Lipinski definition) is 0. The molecule has 0 saturated carbocycles. The van der Waals surface area contributed by atoms with Crippen LogP contribution in [0.5, 0.6) is 0 Å². The fourth-order valence-corrected chi connectivity index (χ4v) is 3.17. The third kappa shape index (κ3) is 2.85. The van der Waals surface area contributed by atoms with Crippen molar-refractivity contribution in [2.24, 2.45) is 0 Å². The fourth-order valence-electron chi connectivity index (χ4n) is 3.17. The van der Waals surface area contributed by atoms with Crippen LogP contribution in [0.3, 0.4) is 0 Å². The lowest BCUT2D eigenvalue weighted by atomic mass is 10.00. The monoisotopic (exact) mass is 274 g/mol. The van der Waals surface area contributed by atoms with Crippen molar-refractivity contribution in [2.45, 2.75) is 32.1 Å². The van der Waals surface area contributed by atoms with Gasteiger partial charge in [0.25, 0.3) is 0 Å². The van der Waals surface area contributed by atoms with Crippen molar-refractivity contribution in [1.82, 2.24) is 0 Å². The van der Waals surface area contributed by atoms with Gasteiger partial charge in [-0.05, 0) is 65.5 Å². The van der Waals surface area contributed by atoms with Gasteiger partial charge in [-0.1, -0.05) is 48.6 Å². The predicted octanol–water partition coefficient (Wildman–Crippen LogP) is 5.50. The summed E-state index contributed by atoms with van der Waals surface area (Å²) in [6.07, 6.45) is 9.36. The molecular formula is C21H22. The van der Waals surface area contributed by atoms with E-state index in [0.29, 0.717) is 0 Å². The average Bonchev–Trinajstić information content (AvgIpc) is 2.87.